The lowest BCUT2D eigenvalue weighted by atomic mass is 10.0. The third-order valence-corrected chi connectivity index (χ3v) is 3.25. The van der Waals surface area contributed by atoms with Crippen LogP contribution in [0.1, 0.15) is 30.0 Å². The third kappa shape index (κ3) is 4.86. The first-order chi connectivity index (χ1) is 11.1. The number of hydrogen-bond donors (Lipinski definition) is 1. The highest BCUT2D eigenvalue weighted by Gasteiger charge is 2.04. The Kier molecular flexibility index (Phi) is 5.76. The molecule has 0 saturated carbocycles. The zero-order chi connectivity index (χ0) is 16.7. The average molecular weight is 311 g/mol. The van der Waals surface area contributed by atoms with Gasteiger partial charge >= 0.3 is 5.97 Å². The molecule has 2 N–H and O–H groups in total. The molecule has 0 aliphatic heterocycles. The molecule has 118 valence electrons. The molecule has 3 nitrogen and oxygen atoms in total. The minimum Gasteiger partial charge on any atom is -0.466 e. The molecule has 0 bridgehead atoms. The van der Waals surface area contributed by atoms with Crippen LogP contribution in [0, 0.1) is 17.7 Å². The summed E-state index contributed by atoms with van der Waals surface area (Å²) in [4.78, 5) is 11.4. The van der Waals surface area contributed by atoms with Gasteiger partial charge in [0, 0.05) is 17.7 Å². The van der Waals surface area contributed by atoms with Crippen LogP contribution >= 0.6 is 0 Å². The SMILES string of the molecule is CCOC(=O)CCc1ccc(N)c(C#Cc2ccccc2F)c1. The summed E-state index contributed by atoms with van der Waals surface area (Å²) in [6.45, 7) is 2.15. The lowest BCUT2D eigenvalue weighted by molar-refractivity contribution is -0.143. The number of carbonyl (C=O) groups excluding carboxylic acids is 1. The fourth-order valence-corrected chi connectivity index (χ4v) is 2.04. The Morgan fingerprint density at radius 3 is 2.65 bits per heavy atom. The van der Waals surface area contributed by atoms with Crippen LogP contribution in [0.25, 0.3) is 0 Å². The van der Waals surface area contributed by atoms with Crippen LogP contribution in [0.5, 0.6) is 0 Å². The molecule has 2 rings (SSSR count). The van der Waals surface area contributed by atoms with E-state index in [0.29, 0.717) is 36.3 Å². The minimum absolute atomic E-state index is 0.233. The number of aryl methyl sites for hydroxylation is 1. The van der Waals surface area contributed by atoms with Gasteiger partial charge < -0.3 is 10.5 Å². The van der Waals surface area contributed by atoms with Crippen LogP contribution in [0.4, 0.5) is 10.1 Å². The van der Waals surface area contributed by atoms with Gasteiger partial charge in [0.05, 0.1) is 12.2 Å². The van der Waals surface area contributed by atoms with Crippen molar-refractivity contribution in [2.75, 3.05) is 12.3 Å². The van der Waals surface area contributed by atoms with E-state index in [1.807, 2.05) is 12.1 Å². The van der Waals surface area contributed by atoms with Crippen molar-refractivity contribution in [3.8, 4) is 11.8 Å². The van der Waals surface area contributed by atoms with Crippen LogP contribution in [0.15, 0.2) is 42.5 Å². The van der Waals surface area contributed by atoms with E-state index in [0.717, 1.165) is 5.56 Å². The van der Waals surface area contributed by atoms with Crippen LogP contribution < -0.4 is 5.73 Å². The molecule has 0 spiro atoms. The van der Waals surface area contributed by atoms with Gasteiger partial charge in [0.2, 0.25) is 0 Å². The first-order valence-electron chi connectivity index (χ1n) is 7.40. The van der Waals surface area contributed by atoms with Gasteiger partial charge in [0.1, 0.15) is 5.82 Å². The van der Waals surface area contributed by atoms with Crippen molar-refractivity contribution in [3.63, 3.8) is 0 Å². The predicted octanol–water partition coefficient (Wildman–Crippen LogP) is 3.30. The number of benzene rings is 2. The molecule has 0 aliphatic rings. The van der Waals surface area contributed by atoms with E-state index in [9.17, 15) is 9.18 Å². The summed E-state index contributed by atoms with van der Waals surface area (Å²) in [5.41, 5.74) is 8.31. The van der Waals surface area contributed by atoms with Crippen molar-refractivity contribution in [2.45, 2.75) is 19.8 Å². The van der Waals surface area contributed by atoms with Gasteiger partial charge in [-0.15, -0.1) is 0 Å². The molecule has 0 aliphatic carbocycles. The molecule has 0 radical (unpaired) electrons. The van der Waals surface area contributed by atoms with E-state index in [4.69, 9.17) is 10.5 Å². The molecule has 0 unspecified atom stereocenters. The van der Waals surface area contributed by atoms with E-state index in [-0.39, 0.29) is 11.8 Å². The number of halogens is 1. The van der Waals surface area contributed by atoms with Gasteiger partial charge in [-0.2, -0.15) is 0 Å². The van der Waals surface area contributed by atoms with Crippen molar-refractivity contribution in [1.82, 2.24) is 0 Å². The first kappa shape index (κ1) is 16.6. The monoisotopic (exact) mass is 311 g/mol. The van der Waals surface area contributed by atoms with Gasteiger partial charge in [-0.25, -0.2) is 4.39 Å². The number of carbonyl (C=O) groups is 1. The summed E-state index contributed by atoms with van der Waals surface area (Å²) in [6.07, 6.45) is 0.853. The molecule has 23 heavy (non-hydrogen) atoms. The van der Waals surface area contributed by atoms with Crippen molar-refractivity contribution in [3.05, 3.63) is 65.0 Å². The molecule has 0 amide bonds. The Labute approximate surface area is 135 Å². The maximum absolute atomic E-state index is 13.6. The van der Waals surface area contributed by atoms with E-state index in [1.165, 1.54) is 6.07 Å². The number of ether oxygens (including phenoxy) is 1. The number of nitrogens with two attached hydrogens (primary N) is 1. The van der Waals surface area contributed by atoms with E-state index < -0.39 is 0 Å². The third-order valence-electron chi connectivity index (χ3n) is 3.25. The zero-order valence-corrected chi connectivity index (χ0v) is 12.9. The molecule has 0 atom stereocenters. The zero-order valence-electron chi connectivity index (χ0n) is 12.9. The average Bonchev–Trinajstić information content (AvgIpc) is 2.54. The highest BCUT2D eigenvalue weighted by molar-refractivity contribution is 5.70. The Hall–Kier alpha value is -2.80. The smallest absolute Gasteiger partial charge is 0.306 e. The topological polar surface area (TPSA) is 52.3 Å². The molecular weight excluding hydrogens is 293 g/mol. The number of rotatable bonds is 4. The first-order valence-corrected chi connectivity index (χ1v) is 7.40. The normalized spacial score (nSPS) is 9.83. The van der Waals surface area contributed by atoms with Gasteiger partial charge in [0.15, 0.2) is 0 Å². The van der Waals surface area contributed by atoms with Crippen molar-refractivity contribution in [2.24, 2.45) is 0 Å². The standard InChI is InChI=1S/C19H18FNO2/c1-2-23-19(22)12-8-14-7-11-18(21)16(13-14)10-9-15-5-3-4-6-17(15)20/h3-7,11,13H,2,8,12,21H2,1H3. The van der Waals surface area contributed by atoms with Crippen molar-refractivity contribution in [1.29, 1.82) is 0 Å². The Morgan fingerprint density at radius 1 is 1.17 bits per heavy atom. The molecular formula is C19H18FNO2. The van der Waals surface area contributed by atoms with Gasteiger partial charge in [-0.3, -0.25) is 4.79 Å². The molecule has 0 fully saturated rings. The lowest BCUT2D eigenvalue weighted by Gasteiger charge is -2.05. The molecule has 2 aromatic carbocycles. The summed E-state index contributed by atoms with van der Waals surface area (Å²) in [6, 6.07) is 11.7. The van der Waals surface area contributed by atoms with Crippen LogP contribution in [-0.4, -0.2) is 12.6 Å². The maximum Gasteiger partial charge on any atom is 0.306 e. The lowest BCUT2D eigenvalue weighted by Crippen LogP contribution is -2.05. The Bertz CT molecular complexity index is 759. The second kappa shape index (κ2) is 8.00. The summed E-state index contributed by atoms with van der Waals surface area (Å²) in [5, 5.41) is 0. The molecule has 4 heteroatoms. The minimum atomic E-state index is -0.364. The van der Waals surface area contributed by atoms with Crippen LogP contribution in [0.2, 0.25) is 0 Å². The second-order valence-corrected chi connectivity index (χ2v) is 4.96. The summed E-state index contributed by atoms with van der Waals surface area (Å²) >= 11 is 0. The molecule has 2 aromatic rings. The fraction of sp³-hybridized carbons (Fsp3) is 0.211. The number of hydrogen-bond acceptors (Lipinski definition) is 3. The fourth-order valence-electron chi connectivity index (χ4n) is 2.04. The second-order valence-electron chi connectivity index (χ2n) is 4.96. The highest BCUT2D eigenvalue weighted by Crippen LogP contribution is 2.15. The van der Waals surface area contributed by atoms with Gasteiger partial charge in [0.25, 0.3) is 0 Å². The Morgan fingerprint density at radius 2 is 1.91 bits per heavy atom. The summed E-state index contributed by atoms with van der Waals surface area (Å²) in [5.74, 6) is 5.08. The van der Waals surface area contributed by atoms with Crippen LogP contribution in [0.3, 0.4) is 0 Å². The summed E-state index contributed by atoms with van der Waals surface area (Å²) < 4.78 is 18.5. The van der Waals surface area contributed by atoms with Crippen LogP contribution in [-0.2, 0) is 16.0 Å². The Balaban J connectivity index is 2.15. The number of esters is 1. The molecule has 0 saturated heterocycles. The van der Waals surface area contributed by atoms with Gasteiger partial charge in [-0.1, -0.05) is 30.0 Å². The predicted molar refractivity (Wildman–Crippen MR) is 88.2 cm³/mol. The van der Waals surface area contributed by atoms with Gasteiger partial charge in [-0.05, 0) is 43.2 Å². The van der Waals surface area contributed by atoms with E-state index in [2.05, 4.69) is 11.8 Å². The largest absolute Gasteiger partial charge is 0.466 e. The van der Waals surface area contributed by atoms with Crippen molar-refractivity contribution < 1.29 is 13.9 Å². The summed E-state index contributed by atoms with van der Waals surface area (Å²) in [7, 11) is 0. The maximum atomic E-state index is 13.6. The number of nitrogen functional groups attached to an aromatic ring is 1. The molecule has 0 aromatic heterocycles. The molecule has 0 heterocycles. The van der Waals surface area contributed by atoms with Crippen molar-refractivity contribution >= 4 is 11.7 Å². The quantitative estimate of drug-likeness (QED) is 0.535. The number of anilines is 1. The van der Waals surface area contributed by atoms with E-state index in [1.54, 1.807) is 31.2 Å². The van der Waals surface area contributed by atoms with E-state index >= 15 is 0 Å². The highest BCUT2D eigenvalue weighted by atomic mass is 19.1.